The van der Waals surface area contributed by atoms with Crippen LogP contribution >= 0.6 is 0 Å². The van der Waals surface area contributed by atoms with Gasteiger partial charge in [-0.15, -0.1) is 0 Å². The quantitative estimate of drug-likeness (QED) is 0.879. The first kappa shape index (κ1) is 15.6. The average Bonchev–Trinajstić information content (AvgIpc) is 2.88. The summed E-state index contributed by atoms with van der Waals surface area (Å²) >= 11 is 0. The van der Waals surface area contributed by atoms with Crippen molar-refractivity contribution in [2.45, 2.75) is 45.1 Å². The highest BCUT2D eigenvalue weighted by Crippen LogP contribution is 2.30. The number of pyridine rings is 1. The average molecular weight is 317 g/mol. The predicted molar refractivity (Wildman–Crippen MR) is 87.8 cm³/mol. The van der Waals surface area contributed by atoms with Gasteiger partial charge in [-0.25, -0.2) is 4.79 Å². The highest BCUT2D eigenvalue weighted by atomic mass is 16.6. The molecule has 2 aromatic rings. The van der Waals surface area contributed by atoms with Gasteiger partial charge in [-0.05, 0) is 45.1 Å². The summed E-state index contributed by atoms with van der Waals surface area (Å²) in [7, 11) is 0. The summed E-state index contributed by atoms with van der Waals surface area (Å²) in [6.07, 6.45) is 5.21. The Bertz CT molecular complexity index is 761. The Labute approximate surface area is 135 Å². The van der Waals surface area contributed by atoms with Crippen LogP contribution in [0.1, 0.15) is 45.1 Å². The third-order valence-corrected chi connectivity index (χ3v) is 4.17. The van der Waals surface area contributed by atoms with Crippen molar-refractivity contribution in [1.29, 1.82) is 0 Å². The van der Waals surface area contributed by atoms with Crippen molar-refractivity contribution < 1.29 is 9.53 Å². The zero-order chi connectivity index (χ0) is 16.6. The second-order valence-corrected chi connectivity index (χ2v) is 7.09. The van der Waals surface area contributed by atoms with Gasteiger partial charge >= 0.3 is 6.09 Å². The van der Waals surface area contributed by atoms with E-state index in [9.17, 15) is 9.59 Å². The Kier molecular flexibility index (Phi) is 3.92. The summed E-state index contributed by atoms with van der Waals surface area (Å²) < 4.78 is 7.28. The molecular weight excluding hydrogens is 294 g/mol. The van der Waals surface area contributed by atoms with Crippen molar-refractivity contribution in [3.05, 3.63) is 40.3 Å². The van der Waals surface area contributed by atoms with Crippen molar-refractivity contribution in [2.24, 2.45) is 0 Å². The van der Waals surface area contributed by atoms with Crippen molar-refractivity contribution in [3.8, 4) is 0 Å². The topological polar surface area (TPSA) is 66.8 Å². The summed E-state index contributed by atoms with van der Waals surface area (Å²) in [4.78, 5) is 25.5. The number of hydrogen-bond acceptors (Lipinski definition) is 3. The lowest BCUT2D eigenvalue weighted by Crippen LogP contribution is -2.41. The Morgan fingerprint density at radius 2 is 2.00 bits per heavy atom. The molecule has 0 aliphatic carbocycles. The molecule has 1 N–H and O–H groups in total. The minimum Gasteiger partial charge on any atom is -0.444 e. The number of H-pyrrole nitrogens is 1. The van der Waals surface area contributed by atoms with Crippen LogP contribution in [0.25, 0.3) is 5.52 Å². The molecule has 0 unspecified atom stereocenters. The number of aromatic nitrogens is 2. The molecule has 124 valence electrons. The number of amides is 1. The van der Waals surface area contributed by atoms with Crippen LogP contribution < -0.4 is 5.43 Å². The number of carbonyl (C=O) groups excluding carboxylic acids is 1. The minimum atomic E-state index is -0.466. The molecule has 0 aromatic carbocycles. The Morgan fingerprint density at radius 1 is 1.30 bits per heavy atom. The van der Waals surface area contributed by atoms with E-state index in [-0.39, 0.29) is 11.5 Å². The van der Waals surface area contributed by atoms with Crippen LogP contribution in [0.2, 0.25) is 0 Å². The standard InChI is InChI=1S/C17H23N3O3/c1-17(2,3)23-16(22)19-7-4-12(5-8-19)14-11-18-20-9-6-13(21)10-15(14)20/h6,9-12,18H,4-5,7-8H2,1-3H3. The van der Waals surface area contributed by atoms with E-state index >= 15 is 0 Å². The van der Waals surface area contributed by atoms with E-state index in [2.05, 4.69) is 5.10 Å². The van der Waals surface area contributed by atoms with Crippen molar-refractivity contribution >= 4 is 11.6 Å². The molecule has 2 aromatic heterocycles. The van der Waals surface area contributed by atoms with E-state index in [1.165, 1.54) is 0 Å². The summed E-state index contributed by atoms with van der Waals surface area (Å²) in [5.74, 6) is 0.344. The van der Waals surface area contributed by atoms with E-state index < -0.39 is 5.60 Å². The highest BCUT2D eigenvalue weighted by molar-refractivity contribution is 5.68. The fraction of sp³-hybridized carbons (Fsp3) is 0.529. The first-order valence-electron chi connectivity index (χ1n) is 8.01. The molecule has 1 fully saturated rings. The zero-order valence-corrected chi connectivity index (χ0v) is 13.8. The van der Waals surface area contributed by atoms with E-state index in [0.717, 1.165) is 23.9 Å². The van der Waals surface area contributed by atoms with E-state index in [1.54, 1.807) is 23.2 Å². The molecule has 23 heavy (non-hydrogen) atoms. The maximum Gasteiger partial charge on any atom is 0.410 e. The molecule has 1 aliphatic heterocycles. The number of rotatable bonds is 1. The Balaban J connectivity index is 1.70. The van der Waals surface area contributed by atoms with Gasteiger partial charge in [-0.1, -0.05) is 0 Å². The molecule has 0 spiro atoms. The minimum absolute atomic E-state index is 0.0111. The predicted octanol–water partition coefficient (Wildman–Crippen LogP) is 2.74. The van der Waals surface area contributed by atoms with Crippen molar-refractivity contribution in [1.82, 2.24) is 14.5 Å². The van der Waals surface area contributed by atoms with Crippen molar-refractivity contribution in [3.63, 3.8) is 0 Å². The van der Waals surface area contributed by atoms with Crippen LogP contribution in [0, 0.1) is 0 Å². The smallest absolute Gasteiger partial charge is 0.410 e. The fourth-order valence-electron chi connectivity index (χ4n) is 3.06. The monoisotopic (exact) mass is 317 g/mol. The van der Waals surface area contributed by atoms with Gasteiger partial charge in [-0.3, -0.25) is 9.31 Å². The van der Waals surface area contributed by atoms with Crippen LogP contribution in [0.4, 0.5) is 4.79 Å². The molecule has 1 saturated heterocycles. The van der Waals surface area contributed by atoms with Crippen LogP contribution in [0.3, 0.4) is 0 Å². The normalized spacial score (nSPS) is 16.7. The van der Waals surface area contributed by atoms with Crippen LogP contribution in [0.15, 0.2) is 29.3 Å². The molecular formula is C17H23N3O3. The number of aromatic amines is 1. The number of nitrogens with one attached hydrogen (secondary N) is 1. The first-order valence-corrected chi connectivity index (χ1v) is 8.01. The largest absolute Gasteiger partial charge is 0.444 e. The SMILES string of the molecule is CC(C)(C)OC(=O)N1CCC(c2c[nH]n3ccc(=O)cc23)CC1. The summed E-state index contributed by atoms with van der Waals surface area (Å²) in [6, 6.07) is 3.20. The fourth-order valence-corrected chi connectivity index (χ4v) is 3.06. The van der Waals surface area contributed by atoms with Gasteiger partial charge in [-0.2, -0.15) is 0 Å². The highest BCUT2D eigenvalue weighted by Gasteiger charge is 2.28. The zero-order valence-electron chi connectivity index (χ0n) is 13.8. The van der Waals surface area contributed by atoms with Crippen LogP contribution in [-0.2, 0) is 4.74 Å². The lowest BCUT2D eigenvalue weighted by Gasteiger charge is -2.33. The molecule has 0 saturated carbocycles. The summed E-state index contributed by atoms with van der Waals surface area (Å²) in [5.41, 5.74) is 1.61. The molecule has 1 aliphatic rings. The Hall–Kier alpha value is -2.24. The third kappa shape index (κ3) is 3.41. The lowest BCUT2D eigenvalue weighted by molar-refractivity contribution is 0.0205. The molecule has 3 heterocycles. The van der Waals surface area contributed by atoms with Gasteiger partial charge in [0.2, 0.25) is 0 Å². The number of ether oxygens (including phenoxy) is 1. The molecule has 0 bridgehead atoms. The number of hydrogen-bond donors (Lipinski definition) is 1. The molecule has 6 heteroatoms. The molecule has 0 radical (unpaired) electrons. The molecule has 0 atom stereocenters. The maximum absolute atomic E-state index is 12.1. The lowest BCUT2D eigenvalue weighted by atomic mass is 9.90. The van der Waals surface area contributed by atoms with Gasteiger partial charge < -0.3 is 14.7 Å². The van der Waals surface area contributed by atoms with E-state index in [4.69, 9.17) is 4.74 Å². The number of nitrogens with zero attached hydrogens (tertiary/aromatic N) is 2. The third-order valence-electron chi connectivity index (χ3n) is 4.17. The number of carbonyl (C=O) groups is 1. The first-order chi connectivity index (χ1) is 10.8. The van der Waals surface area contributed by atoms with Crippen LogP contribution in [-0.4, -0.2) is 39.3 Å². The van der Waals surface area contributed by atoms with Gasteiger partial charge in [0.1, 0.15) is 5.60 Å². The van der Waals surface area contributed by atoms with E-state index in [0.29, 0.717) is 19.0 Å². The van der Waals surface area contributed by atoms with Gasteiger partial charge in [0.25, 0.3) is 0 Å². The Morgan fingerprint density at radius 3 is 2.65 bits per heavy atom. The molecule has 6 nitrogen and oxygen atoms in total. The second-order valence-electron chi connectivity index (χ2n) is 7.09. The molecule has 3 rings (SSSR count). The summed E-state index contributed by atoms with van der Waals surface area (Å²) in [5, 5.41) is 3.15. The van der Waals surface area contributed by atoms with Gasteiger partial charge in [0.15, 0.2) is 5.43 Å². The molecule has 1 amide bonds. The maximum atomic E-state index is 12.1. The number of fused-ring (bicyclic) bond motifs is 1. The van der Waals surface area contributed by atoms with Gasteiger partial charge in [0.05, 0.1) is 5.52 Å². The number of likely N-dealkylation sites (tertiary alicyclic amines) is 1. The van der Waals surface area contributed by atoms with Crippen LogP contribution in [0.5, 0.6) is 0 Å². The van der Waals surface area contributed by atoms with Crippen molar-refractivity contribution in [2.75, 3.05) is 13.1 Å². The van der Waals surface area contributed by atoms with Gasteiger partial charge in [0, 0.05) is 37.6 Å². The second kappa shape index (κ2) is 5.76. The van der Waals surface area contributed by atoms with E-state index in [1.807, 2.05) is 31.5 Å². The number of piperidine rings is 1. The summed E-state index contributed by atoms with van der Waals surface area (Å²) in [6.45, 7) is 6.98.